The number of carbonyl (C=O) groups excluding carboxylic acids is 1. The number of amides is 1. The largest absolute Gasteiger partial charge is 0.467 e. The molecule has 2 fully saturated rings. The molecule has 0 spiro atoms. The molecule has 2 saturated heterocycles. The third-order valence-electron chi connectivity index (χ3n) is 5.27. The minimum Gasteiger partial charge on any atom is -0.467 e. The first-order valence-electron chi connectivity index (χ1n) is 9.52. The molecule has 2 bridgehead atoms. The Hall–Kier alpha value is -1.84. The van der Waals surface area contributed by atoms with E-state index in [0.717, 1.165) is 46.1 Å². The molecule has 1 aromatic carbocycles. The Morgan fingerprint density at radius 1 is 1.21 bits per heavy atom. The van der Waals surface area contributed by atoms with Gasteiger partial charge in [-0.3, -0.25) is 4.90 Å². The summed E-state index contributed by atoms with van der Waals surface area (Å²) < 4.78 is 11.9. The van der Waals surface area contributed by atoms with E-state index in [9.17, 15) is 4.79 Å². The zero-order valence-electron chi connectivity index (χ0n) is 16.6. The van der Waals surface area contributed by atoms with Crippen molar-refractivity contribution in [3.63, 3.8) is 0 Å². The second-order valence-electron chi connectivity index (χ2n) is 8.36. The summed E-state index contributed by atoms with van der Waals surface area (Å²) in [6, 6.07) is 4.91. The van der Waals surface area contributed by atoms with E-state index < -0.39 is 5.60 Å². The monoisotopic (exact) mass is 496 g/mol. The second kappa shape index (κ2) is 7.20. The molecule has 2 unspecified atom stereocenters. The average Bonchev–Trinajstić information content (AvgIpc) is 2.91. The van der Waals surface area contributed by atoms with Crippen LogP contribution < -0.4 is 9.64 Å². The minimum absolute atomic E-state index is 0.169. The molecule has 2 aromatic rings. The second-order valence-corrected chi connectivity index (χ2v) is 9.53. The van der Waals surface area contributed by atoms with Gasteiger partial charge in [0.15, 0.2) is 0 Å². The highest BCUT2D eigenvalue weighted by Crippen LogP contribution is 2.37. The maximum Gasteiger partial charge on any atom is 0.410 e. The fraction of sp³-hybridized carbons (Fsp3) is 0.550. The first kappa shape index (κ1) is 19.5. The number of aromatic nitrogens is 2. The van der Waals surface area contributed by atoms with E-state index in [1.54, 1.807) is 7.11 Å². The summed E-state index contributed by atoms with van der Waals surface area (Å²) in [6.45, 7) is 7.31. The molecule has 3 heterocycles. The van der Waals surface area contributed by atoms with Gasteiger partial charge in [-0.25, -0.2) is 9.78 Å². The predicted molar refractivity (Wildman–Crippen MR) is 116 cm³/mol. The molecule has 28 heavy (non-hydrogen) atoms. The van der Waals surface area contributed by atoms with Gasteiger partial charge in [0.2, 0.25) is 0 Å². The van der Waals surface area contributed by atoms with Crippen molar-refractivity contribution < 1.29 is 14.3 Å². The number of ether oxygens (including phenoxy) is 2. The molecule has 1 amide bonds. The third kappa shape index (κ3) is 3.58. The topological polar surface area (TPSA) is 67.8 Å². The molecule has 2 aliphatic heterocycles. The van der Waals surface area contributed by atoms with Crippen LogP contribution in [0.25, 0.3) is 10.9 Å². The number of benzene rings is 1. The molecular formula is C20H25IN4O3. The van der Waals surface area contributed by atoms with E-state index in [0.29, 0.717) is 6.01 Å². The molecule has 1 aromatic heterocycles. The number of piperazine rings is 1. The number of carbonyl (C=O) groups is 1. The van der Waals surface area contributed by atoms with Crippen molar-refractivity contribution in [1.82, 2.24) is 14.9 Å². The minimum atomic E-state index is -0.476. The van der Waals surface area contributed by atoms with Gasteiger partial charge >= 0.3 is 12.1 Å². The van der Waals surface area contributed by atoms with Crippen LogP contribution >= 0.6 is 22.6 Å². The van der Waals surface area contributed by atoms with E-state index in [2.05, 4.69) is 49.6 Å². The van der Waals surface area contributed by atoms with Crippen LogP contribution in [0.15, 0.2) is 18.3 Å². The van der Waals surface area contributed by atoms with Crippen LogP contribution in [0.2, 0.25) is 0 Å². The van der Waals surface area contributed by atoms with Crippen molar-refractivity contribution in [3.8, 4) is 6.01 Å². The Morgan fingerprint density at radius 2 is 1.89 bits per heavy atom. The lowest BCUT2D eigenvalue weighted by atomic mass is 10.1. The smallest absolute Gasteiger partial charge is 0.410 e. The molecule has 2 aliphatic rings. The van der Waals surface area contributed by atoms with Gasteiger partial charge in [0.1, 0.15) is 5.60 Å². The molecule has 150 valence electrons. The van der Waals surface area contributed by atoms with Crippen LogP contribution in [0.5, 0.6) is 6.01 Å². The van der Waals surface area contributed by atoms with Crippen LogP contribution in [0.3, 0.4) is 0 Å². The summed E-state index contributed by atoms with van der Waals surface area (Å²) in [5, 5.41) is 1.01. The summed E-state index contributed by atoms with van der Waals surface area (Å²) >= 11 is 2.29. The van der Waals surface area contributed by atoms with E-state index in [-0.39, 0.29) is 18.2 Å². The van der Waals surface area contributed by atoms with E-state index in [4.69, 9.17) is 9.47 Å². The standard InChI is InChI=1S/C20H25IN4O3/c1-20(2,3)28-19(26)25-12-5-6-13(25)11-24(10-12)16-8-7-15(21)17-14(16)9-22-18(23-17)27-4/h7-9,12-13H,5-6,10-11H2,1-4H3. The molecular weight excluding hydrogens is 471 g/mol. The predicted octanol–water partition coefficient (Wildman–Crippen LogP) is 3.83. The highest BCUT2D eigenvalue weighted by Gasteiger charge is 2.44. The number of anilines is 1. The number of methoxy groups -OCH3 is 1. The molecule has 0 aliphatic carbocycles. The summed E-state index contributed by atoms with van der Waals surface area (Å²) in [4.78, 5) is 25.9. The normalized spacial score (nSPS) is 21.9. The van der Waals surface area contributed by atoms with Crippen LogP contribution in [0, 0.1) is 3.57 Å². The summed E-state index contributed by atoms with van der Waals surface area (Å²) in [7, 11) is 1.57. The van der Waals surface area contributed by atoms with Gasteiger partial charge < -0.3 is 14.4 Å². The maximum atomic E-state index is 12.7. The summed E-state index contributed by atoms with van der Waals surface area (Å²) in [6.07, 6.45) is 3.65. The molecule has 8 heteroatoms. The molecule has 7 nitrogen and oxygen atoms in total. The molecule has 2 atom stereocenters. The molecule has 0 radical (unpaired) electrons. The quantitative estimate of drug-likeness (QED) is 0.589. The van der Waals surface area contributed by atoms with Crippen molar-refractivity contribution in [2.24, 2.45) is 0 Å². The number of rotatable bonds is 2. The van der Waals surface area contributed by atoms with Crippen LogP contribution in [-0.2, 0) is 4.74 Å². The van der Waals surface area contributed by atoms with Gasteiger partial charge in [0, 0.05) is 33.9 Å². The lowest BCUT2D eigenvalue weighted by molar-refractivity contribution is 0.0123. The number of fused-ring (bicyclic) bond motifs is 3. The Bertz CT molecular complexity index is 900. The molecule has 0 saturated carbocycles. The fourth-order valence-corrected chi connectivity index (χ4v) is 4.73. The highest BCUT2D eigenvalue weighted by atomic mass is 127. The number of hydrogen-bond acceptors (Lipinski definition) is 6. The Labute approximate surface area is 178 Å². The number of hydrogen-bond donors (Lipinski definition) is 0. The van der Waals surface area contributed by atoms with E-state index in [1.807, 2.05) is 31.9 Å². The lowest BCUT2D eigenvalue weighted by Gasteiger charge is -2.42. The Balaban J connectivity index is 1.62. The third-order valence-corrected chi connectivity index (χ3v) is 6.14. The Kier molecular flexibility index (Phi) is 5.01. The van der Waals surface area contributed by atoms with E-state index in [1.165, 1.54) is 0 Å². The number of nitrogens with zero attached hydrogens (tertiary/aromatic N) is 4. The highest BCUT2D eigenvalue weighted by molar-refractivity contribution is 14.1. The van der Waals surface area contributed by atoms with Crippen LogP contribution in [0.1, 0.15) is 33.6 Å². The fourth-order valence-electron chi connectivity index (χ4n) is 4.14. The Morgan fingerprint density at radius 3 is 2.50 bits per heavy atom. The van der Waals surface area contributed by atoms with Gasteiger partial charge in [-0.2, -0.15) is 4.98 Å². The summed E-state index contributed by atoms with van der Waals surface area (Å²) in [5.41, 5.74) is 1.53. The van der Waals surface area contributed by atoms with Gasteiger partial charge in [0.25, 0.3) is 0 Å². The maximum absolute atomic E-state index is 12.7. The SMILES string of the molecule is COc1ncc2c(N3CC4CCC(C3)N4C(=O)OC(C)(C)C)ccc(I)c2n1. The lowest BCUT2D eigenvalue weighted by Crippen LogP contribution is -2.56. The van der Waals surface area contributed by atoms with Crippen LogP contribution in [0.4, 0.5) is 10.5 Å². The van der Waals surface area contributed by atoms with Crippen molar-refractivity contribution in [2.45, 2.75) is 51.3 Å². The zero-order chi connectivity index (χ0) is 20.1. The van der Waals surface area contributed by atoms with Crippen molar-refractivity contribution in [2.75, 3.05) is 25.1 Å². The van der Waals surface area contributed by atoms with Gasteiger partial charge in [0.05, 0.1) is 24.7 Å². The average molecular weight is 496 g/mol. The van der Waals surface area contributed by atoms with Gasteiger partial charge in [-0.1, -0.05) is 0 Å². The first-order valence-corrected chi connectivity index (χ1v) is 10.6. The van der Waals surface area contributed by atoms with Crippen molar-refractivity contribution >= 4 is 45.3 Å². The number of halogens is 1. The van der Waals surface area contributed by atoms with Gasteiger partial charge in [-0.15, -0.1) is 0 Å². The van der Waals surface area contributed by atoms with E-state index >= 15 is 0 Å². The van der Waals surface area contributed by atoms with Gasteiger partial charge in [-0.05, 0) is 68.3 Å². The summed E-state index contributed by atoms with van der Waals surface area (Å²) in [5.74, 6) is 0. The molecule has 0 N–H and O–H groups in total. The van der Waals surface area contributed by atoms with Crippen molar-refractivity contribution in [3.05, 3.63) is 21.9 Å². The molecule has 4 rings (SSSR count). The first-order chi connectivity index (χ1) is 13.3. The van der Waals surface area contributed by atoms with Crippen molar-refractivity contribution in [1.29, 1.82) is 0 Å². The van der Waals surface area contributed by atoms with Crippen LogP contribution in [-0.4, -0.2) is 58.8 Å². The zero-order valence-corrected chi connectivity index (χ0v) is 18.8.